The zero-order chi connectivity index (χ0) is 24.2. The summed E-state index contributed by atoms with van der Waals surface area (Å²) in [4.78, 5) is 31.7. The average molecular weight is 459 g/mol. The number of phenols is 1. The van der Waals surface area contributed by atoms with E-state index in [1.165, 1.54) is 17.0 Å². The molecule has 1 saturated heterocycles. The number of rotatable bonds is 7. The largest absolute Gasteiger partial charge is 0.508 e. The number of carbonyl (C=O) groups excluding carboxylic acids is 2. The molecule has 2 N–H and O–H groups in total. The number of amides is 1. The van der Waals surface area contributed by atoms with Gasteiger partial charge in [0.05, 0.1) is 18.2 Å². The molecule has 0 aliphatic carbocycles. The summed E-state index contributed by atoms with van der Waals surface area (Å²) in [5.74, 6) is -0.656. The zero-order valence-electron chi connectivity index (χ0n) is 19.0. The van der Waals surface area contributed by atoms with Crippen LogP contribution in [0, 0.1) is 5.92 Å². The van der Waals surface area contributed by atoms with Crippen molar-refractivity contribution in [2.24, 2.45) is 5.92 Å². The van der Waals surface area contributed by atoms with Crippen molar-refractivity contribution in [3.63, 3.8) is 0 Å². The van der Waals surface area contributed by atoms with Crippen LogP contribution >= 0.6 is 0 Å². The van der Waals surface area contributed by atoms with E-state index in [9.17, 15) is 19.8 Å². The number of aromatic hydroxyl groups is 1. The summed E-state index contributed by atoms with van der Waals surface area (Å²) in [7, 11) is 0. The summed E-state index contributed by atoms with van der Waals surface area (Å²) in [5.41, 5.74) is 1.75. The lowest BCUT2D eigenvalue weighted by molar-refractivity contribution is -0.140. The van der Waals surface area contributed by atoms with Crippen molar-refractivity contribution >= 4 is 17.4 Å². The number of nitrogens with zero attached hydrogens (tertiary/aromatic N) is 2. The molecule has 1 unspecified atom stereocenters. The van der Waals surface area contributed by atoms with Gasteiger partial charge in [-0.1, -0.05) is 32.0 Å². The molecule has 2 heterocycles. The van der Waals surface area contributed by atoms with Gasteiger partial charge in [-0.15, -0.1) is 0 Å². The number of aliphatic hydroxyl groups excluding tert-OH is 1. The minimum absolute atomic E-state index is 0.00423. The van der Waals surface area contributed by atoms with Crippen LogP contribution in [0.5, 0.6) is 11.5 Å². The predicted octanol–water partition coefficient (Wildman–Crippen LogP) is 4.44. The standard InChI is InChI=1S/C27H26N2O5/c1-17(2)16-34-22-11-7-20(8-12-22)25(31)23-24(19-5-9-21(30)10-6-19)29(27(33)26(23)32)15-18-4-3-13-28-14-18/h3-14,17,24,30-31H,15-16H2,1-2H3/b25-23-. The van der Waals surface area contributed by atoms with Gasteiger partial charge in [0.15, 0.2) is 0 Å². The average Bonchev–Trinajstić information content (AvgIpc) is 3.08. The van der Waals surface area contributed by atoms with E-state index in [-0.39, 0.29) is 23.6 Å². The van der Waals surface area contributed by atoms with Crippen LogP contribution in [-0.4, -0.2) is 38.4 Å². The molecule has 1 fully saturated rings. The summed E-state index contributed by atoms with van der Waals surface area (Å²) in [6, 6.07) is 15.8. The van der Waals surface area contributed by atoms with E-state index in [0.29, 0.717) is 29.4 Å². The fourth-order valence-corrected chi connectivity index (χ4v) is 3.86. The second-order valence-electron chi connectivity index (χ2n) is 8.61. The summed E-state index contributed by atoms with van der Waals surface area (Å²) < 4.78 is 5.69. The molecule has 0 spiro atoms. The monoisotopic (exact) mass is 458 g/mol. The molecule has 2 aromatic carbocycles. The maximum atomic E-state index is 13.1. The van der Waals surface area contributed by atoms with Crippen LogP contribution in [0.1, 0.15) is 36.6 Å². The van der Waals surface area contributed by atoms with Gasteiger partial charge in [-0.2, -0.15) is 0 Å². The number of phenolic OH excluding ortho intramolecular Hbond substituents is 1. The van der Waals surface area contributed by atoms with Crippen molar-refractivity contribution < 1.29 is 24.5 Å². The molecule has 3 aromatic rings. The van der Waals surface area contributed by atoms with Gasteiger partial charge in [0.25, 0.3) is 11.7 Å². The highest BCUT2D eigenvalue weighted by Crippen LogP contribution is 2.40. The highest BCUT2D eigenvalue weighted by atomic mass is 16.5. The molecule has 174 valence electrons. The van der Waals surface area contributed by atoms with Crippen molar-refractivity contribution in [1.29, 1.82) is 0 Å². The fourth-order valence-electron chi connectivity index (χ4n) is 3.86. The lowest BCUT2D eigenvalue weighted by Gasteiger charge is -2.25. The Balaban J connectivity index is 1.75. The highest BCUT2D eigenvalue weighted by Gasteiger charge is 2.46. The van der Waals surface area contributed by atoms with Gasteiger partial charge in [0.1, 0.15) is 17.3 Å². The molecule has 7 heteroatoms. The molecular formula is C27H26N2O5. The van der Waals surface area contributed by atoms with Gasteiger partial charge < -0.3 is 19.8 Å². The van der Waals surface area contributed by atoms with Crippen LogP contribution in [0.4, 0.5) is 0 Å². The van der Waals surface area contributed by atoms with E-state index in [1.54, 1.807) is 54.9 Å². The minimum Gasteiger partial charge on any atom is -0.508 e. The maximum Gasteiger partial charge on any atom is 0.295 e. The van der Waals surface area contributed by atoms with Gasteiger partial charge >= 0.3 is 0 Å². The first-order chi connectivity index (χ1) is 16.3. The van der Waals surface area contributed by atoms with Crippen molar-refractivity contribution in [1.82, 2.24) is 9.88 Å². The fraction of sp³-hybridized carbons (Fsp3) is 0.222. The van der Waals surface area contributed by atoms with Gasteiger partial charge in [-0.25, -0.2) is 0 Å². The molecule has 1 aliphatic heterocycles. The van der Waals surface area contributed by atoms with Crippen LogP contribution in [-0.2, 0) is 16.1 Å². The number of ketones is 1. The smallest absolute Gasteiger partial charge is 0.295 e. The molecule has 1 aromatic heterocycles. The third kappa shape index (κ3) is 4.78. The summed E-state index contributed by atoms with van der Waals surface area (Å²) in [6.45, 7) is 4.80. The first-order valence-corrected chi connectivity index (χ1v) is 11.0. The van der Waals surface area contributed by atoms with E-state index in [2.05, 4.69) is 4.98 Å². The van der Waals surface area contributed by atoms with Crippen molar-refractivity contribution in [2.75, 3.05) is 6.61 Å². The Morgan fingerprint density at radius 3 is 2.38 bits per heavy atom. The second kappa shape index (κ2) is 9.79. The quantitative estimate of drug-likeness (QED) is 0.308. The number of hydrogen-bond acceptors (Lipinski definition) is 6. The van der Waals surface area contributed by atoms with Crippen LogP contribution < -0.4 is 4.74 Å². The van der Waals surface area contributed by atoms with Crippen LogP contribution in [0.2, 0.25) is 0 Å². The molecule has 7 nitrogen and oxygen atoms in total. The van der Waals surface area contributed by atoms with Crippen LogP contribution in [0.3, 0.4) is 0 Å². The minimum atomic E-state index is -0.822. The van der Waals surface area contributed by atoms with E-state index >= 15 is 0 Å². The molecule has 34 heavy (non-hydrogen) atoms. The summed E-state index contributed by atoms with van der Waals surface area (Å²) in [5, 5.41) is 20.9. The normalized spacial score (nSPS) is 17.4. The number of hydrogen-bond donors (Lipinski definition) is 2. The molecule has 1 amide bonds. The number of benzene rings is 2. The maximum absolute atomic E-state index is 13.1. The number of Topliss-reactive ketones (excluding diaryl/α,β-unsaturated/α-hetero) is 1. The molecule has 4 rings (SSSR count). The predicted molar refractivity (Wildman–Crippen MR) is 127 cm³/mol. The van der Waals surface area contributed by atoms with Crippen molar-refractivity contribution in [3.05, 3.63) is 95.3 Å². The Kier molecular flexibility index (Phi) is 6.63. The zero-order valence-corrected chi connectivity index (χ0v) is 19.0. The topological polar surface area (TPSA) is 100.0 Å². The number of pyridine rings is 1. The van der Waals surface area contributed by atoms with Crippen molar-refractivity contribution in [3.8, 4) is 11.5 Å². The number of likely N-dealkylation sites (tertiary alicyclic amines) is 1. The van der Waals surface area contributed by atoms with Gasteiger partial charge in [0.2, 0.25) is 0 Å². The van der Waals surface area contributed by atoms with E-state index < -0.39 is 17.7 Å². The molecule has 1 aliphatic rings. The molecule has 1 atom stereocenters. The van der Waals surface area contributed by atoms with Crippen LogP contribution in [0.25, 0.3) is 5.76 Å². The lowest BCUT2D eigenvalue weighted by atomic mass is 9.95. The molecule has 0 radical (unpaired) electrons. The molecule has 0 saturated carbocycles. The van der Waals surface area contributed by atoms with Gasteiger partial charge in [-0.05, 0) is 59.5 Å². The Morgan fingerprint density at radius 2 is 1.76 bits per heavy atom. The number of aromatic nitrogens is 1. The lowest BCUT2D eigenvalue weighted by Crippen LogP contribution is -2.29. The summed E-state index contributed by atoms with van der Waals surface area (Å²) >= 11 is 0. The number of carbonyl (C=O) groups is 2. The highest BCUT2D eigenvalue weighted by molar-refractivity contribution is 6.46. The molecular weight excluding hydrogens is 432 g/mol. The Bertz CT molecular complexity index is 1200. The Hall–Kier alpha value is -4.13. The van der Waals surface area contributed by atoms with Crippen molar-refractivity contribution in [2.45, 2.75) is 26.4 Å². The van der Waals surface area contributed by atoms with E-state index in [0.717, 1.165) is 5.56 Å². The second-order valence-corrected chi connectivity index (χ2v) is 8.61. The molecule has 0 bridgehead atoms. The first kappa shape index (κ1) is 23.0. The third-order valence-electron chi connectivity index (χ3n) is 5.54. The third-order valence-corrected chi connectivity index (χ3v) is 5.54. The summed E-state index contributed by atoms with van der Waals surface area (Å²) in [6.07, 6.45) is 3.26. The number of ether oxygens (including phenoxy) is 1. The van der Waals surface area contributed by atoms with E-state index in [4.69, 9.17) is 4.74 Å². The Morgan fingerprint density at radius 1 is 1.06 bits per heavy atom. The van der Waals surface area contributed by atoms with Gasteiger partial charge in [-0.3, -0.25) is 14.6 Å². The first-order valence-electron chi connectivity index (χ1n) is 11.0. The van der Waals surface area contributed by atoms with E-state index in [1.807, 2.05) is 19.9 Å². The van der Waals surface area contributed by atoms with Crippen LogP contribution in [0.15, 0.2) is 78.6 Å². The SMILES string of the molecule is CC(C)COc1ccc(/C(O)=C2/C(=O)C(=O)N(Cc3cccnc3)C2c2ccc(O)cc2)cc1. The Labute approximate surface area is 198 Å². The number of aliphatic hydroxyl groups is 1. The van der Waals surface area contributed by atoms with Gasteiger partial charge in [0, 0.05) is 24.5 Å².